The van der Waals surface area contributed by atoms with E-state index in [0.29, 0.717) is 5.92 Å². The van der Waals surface area contributed by atoms with E-state index in [0.717, 1.165) is 44.9 Å². The van der Waals surface area contributed by atoms with Gasteiger partial charge in [-0.15, -0.1) is 0 Å². The predicted molar refractivity (Wildman–Crippen MR) is 133 cm³/mol. The molecule has 0 fully saturated rings. The molecular formula is C28H56O2. The molecule has 0 saturated heterocycles. The van der Waals surface area contributed by atoms with Crippen LogP contribution in [0.4, 0.5) is 0 Å². The van der Waals surface area contributed by atoms with Crippen LogP contribution in [0.5, 0.6) is 0 Å². The van der Waals surface area contributed by atoms with Crippen molar-refractivity contribution >= 4 is 5.97 Å². The quantitative estimate of drug-likeness (QED) is 0.166. The van der Waals surface area contributed by atoms with Crippen LogP contribution in [0.1, 0.15) is 163 Å². The van der Waals surface area contributed by atoms with Gasteiger partial charge in [-0.2, -0.15) is 0 Å². The summed E-state index contributed by atoms with van der Waals surface area (Å²) in [5.74, 6) is -0.126. The summed E-state index contributed by atoms with van der Waals surface area (Å²) < 4.78 is 0. The molecule has 0 rings (SSSR count). The minimum absolute atomic E-state index is 0.364. The van der Waals surface area contributed by atoms with Gasteiger partial charge in [0.25, 0.3) is 0 Å². The third-order valence-electron chi connectivity index (χ3n) is 7.20. The lowest BCUT2D eigenvalue weighted by atomic mass is 9.65. The summed E-state index contributed by atoms with van der Waals surface area (Å²) in [6.45, 7) is 8.99. The largest absolute Gasteiger partial charge is 0.481 e. The smallest absolute Gasteiger partial charge is 0.309 e. The van der Waals surface area contributed by atoms with Crippen molar-refractivity contribution in [3.63, 3.8) is 0 Å². The Morgan fingerprint density at radius 3 is 1.40 bits per heavy atom. The number of hydrogen-bond acceptors (Lipinski definition) is 1. The molecule has 180 valence electrons. The molecule has 1 N–H and O–H groups in total. The second-order valence-electron chi connectivity index (χ2n) is 9.83. The highest BCUT2D eigenvalue weighted by molar-refractivity contribution is 5.75. The summed E-state index contributed by atoms with van der Waals surface area (Å²) in [5.41, 5.74) is -0.474. The Morgan fingerprint density at radius 1 is 0.567 bits per heavy atom. The highest BCUT2D eigenvalue weighted by Gasteiger charge is 2.43. The van der Waals surface area contributed by atoms with E-state index in [9.17, 15) is 9.90 Å². The molecule has 0 spiro atoms. The Balaban J connectivity index is 4.95. The zero-order valence-electron chi connectivity index (χ0n) is 21.3. The van der Waals surface area contributed by atoms with Gasteiger partial charge >= 0.3 is 5.97 Å². The number of carboxylic acid groups (broad SMARTS) is 1. The van der Waals surface area contributed by atoms with Gasteiger partial charge in [0.1, 0.15) is 0 Å². The van der Waals surface area contributed by atoms with Crippen LogP contribution in [0.25, 0.3) is 0 Å². The average molecular weight is 425 g/mol. The fourth-order valence-corrected chi connectivity index (χ4v) is 5.23. The normalized spacial score (nSPS) is 14.5. The number of rotatable bonds is 23. The summed E-state index contributed by atoms with van der Waals surface area (Å²) in [5, 5.41) is 10.5. The Bertz CT molecular complexity index is 379. The highest BCUT2D eigenvalue weighted by Crippen LogP contribution is 2.44. The third kappa shape index (κ3) is 13.0. The fraction of sp³-hybridized carbons (Fsp3) is 0.964. The van der Waals surface area contributed by atoms with E-state index in [2.05, 4.69) is 27.7 Å². The van der Waals surface area contributed by atoms with Crippen LogP contribution in [-0.2, 0) is 4.79 Å². The summed E-state index contributed by atoms with van der Waals surface area (Å²) in [6, 6.07) is 0. The van der Waals surface area contributed by atoms with Crippen LogP contribution in [0.2, 0.25) is 0 Å². The van der Waals surface area contributed by atoms with Gasteiger partial charge in [0, 0.05) is 0 Å². The second-order valence-corrected chi connectivity index (χ2v) is 9.83. The van der Waals surface area contributed by atoms with Crippen LogP contribution in [-0.4, -0.2) is 11.1 Å². The van der Waals surface area contributed by atoms with Crippen LogP contribution >= 0.6 is 0 Å². The molecule has 0 radical (unpaired) electrons. The van der Waals surface area contributed by atoms with Gasteiger partial charge in [0.05, 0.1) is 5.41 Å². The lowest BCUT2D eigenvalue weighted by molar-refractivity contribution is -0.155. The SMILES string of the molecule is CCCCCCCCCCC(CCCCCC)(C(=O)O)C(CCC)CCCCCC. The molecule has 2 unspecified atom stereocenters. The number of carbonyl (C=O) groups is 1. The molecule has 0 aromatic rings. The molecule has 30 heavy (non-hydrogen) atoms. The first-order valence-corrected chi connectivity index (χ1v) is 13.8. The first-order chi connectivity index (χ1) is 14.6. The van der Waals surface area contributed by atoms with E-state index in [-0.39, 0.29) is 0 Å². The molecule has 0 bridgehead atoms. The number of unbranched alkanes of at least 4 members (excludes halogenated alkanes) is 13. The zero-order chi connectivity index (χ0) is 22.5. The number of hydrogen-bond donors (Lipinski definition) is 1. The Morgan fingerprint density at radius 2 is 0.967 bits per heavy atom. The van der Waals surface area contributed by atoms with E-state index in [1.807, 2.05) is 0 Å². The molecule has 2 nitrogen and oxygen atoms in total. The molecule has 0 aliphatic heterocycles. The molecule has 2 heteroatoms. The van der Waals surface area contributed by atoms with E-state index in [1.54, 1.807) is 0 Å². The third-order valence-corrected chi connectivity index (χ3v) is 7.20. The molecule has 0 heterocycles. The first-order valence-electron chi connectivity index (χ1n) is 13.8. The summed E-state index contributed by atoms with van der Waals surface area (Å²) in [7, 11) is 0. The predicted octanol–water partition coefficient (Wildman–Crippen LogP) is 9.95. The van der Waals surface area contributed by atoms with Crippen molar-refractivity contribution in [3.8, 4) is 0 Å². The van der Waals surface area contributed by atoms with E-state index >= 15 is 0 Å². The molecule has 0 amide bonds. The van der Waals surface area contributed by atoms with Crippen LogP contribution < -0.4 is 0 Å². The van der Waals surface area contributed by atoms with Crippen molar-refractivity contribution in [2.45, 2.75) is 163 Å². The lowest BCUT2D eigenvalue weighted by Crippen LogP contribution is -2.39. The van der Waals surface area contributed by atoms with Crippen molar-refractivity contribution in [1.29, 1.82) is 0 Å². The topological polar surface area (TPSA) is 37.3 Å². The van der Waals surface area contributed by atoms with Crippen LogP contribution in [0, 0.1) is 11.3 Å². The Kier molecular flexibility index (Phi) is 20.0. The fourth-order valence-electron chi connectivity index (χ4n) is 5.23. The van der Waals surface area contributed by atoms with E-state index in [4.69, 9.17) is 0 Å². The summed E-state index contributed by atoms with van der Waals surface area (Å²) in [6.07, 6.45) is 25.2. The van der Waals surface area contributed by atoms with Gasteiger partial charge in [-0.05, 0) is 31.6 Å². The zero-order valence-corrected chi connectivity index (χ0v) is 21.3. The molecule has 0 aliphatic rings. The van der Waals surface area contributed by atoms with E-state index < -0.39 is 11.4 Å². The van der Waals surface area contributed by atoms with Crippen molar-refractivity contribution in [1.82, 2.24) is 0 Å². The molecule has 0 aromatic heterocycles. The minimum Gasteiger partial charge on any atom is -0.481 e. The van der Waals surface area contributed by atoms with Crippen LogP contribution in [0.15, 0.2) is 0 Å². The van der Waals surface area contributed by atoms with Gasteiger partial charge in [0.15, 0.2) is 0 Å². The van der Waals surface area contributed by atoms with Gasteiger partial charge in [-0.1, -0.05) is 137 Å². The molecule has 0 aromatic carbocycles. The minimum atomic E-state index is -0.490. The average Bonchev–Trinajstić information content (AvgIpc) is 2.73. The van der Waals surface area contributed by atoms with Crippen molar-refractivity contribution in [3.05, 3.63) is 0 Å². The molecular weight excluding hydrogens is 368 g/mol. The number of carboxylic acids is 1. The van der Waals surface area contributed by atoms with Crippen molar-refractivity contribution in [2.75, 3.05) is 0 Å². The van der Waals surface area contributed by atoms with Gasteiger partial charge in [0.2, 0.25) is 0 Å². The molecule has 2 atom stereocenters. The van der Waals surface area contributed by atoms with Gasteiger partial charge in [-0.25, -0.2) is 0 Å². The maximum absolute atomic E-state index is 12.7. The summed E-state index contributed by atoms with van der Waals surface area (Å²) in [4.78, 5) is 12.7. The van der Waals surface area contributed by atoms with Crippen molar-refractivity contribution < 1.29 is 9.90 Å². The molecule has 0 saturated carbocycles. The Labute approximate surface area is 190 Å². The van der Waals surface area contributed by atoms with Gasteiger partial charge in [-0.3, -0.25) is 4.79 Å². The number of aliphatic carboxylic acids is 1. The highest BCUT2D eigenvalue weighted by atomic mass is 16.4. The first kappa shape index (κ1) is 29.5. The maximum Gasteiger partial charge on any atom is 0.309 e. The lowest BCUT2D eigenvalue weighted by Gasteiger charge is -2.38. The van der Waals surface area contributed by atoms with Crippen molar-refractivity contribution in [2.24, 2.45) is 11.3 Å². The second kappa shape index (κ2) is 20.4. The molecule has 0 aliphatic carbocycles. The van der Waals surface area contributed by atoms with Crippen LogP contribution in [0.3, 0.4) is 0 Å². The summed E-state index contributed by atoms with van der Waals surface area (Å²) >= 11 is 0. The van der Waals surface area contributed by atoms with Gasteiger partial charge < -0.3 is 5.11 Å². The standard InChI is InChI=1S/C28H56O2/c1-5-9-12-15-16-17-18-21-25-28(27(29)30,24-20-14-11-7-3)26(22-8-4)23-19-13-10-6-2/h26H,5-25H2,1-4H3,(H,29,30). The monoisotopic (exact) mass is 424 g/mol. The van der Waals surface area contributed by atoms with E-state index in [1.165, 1.54) is 89.9 Å². The Hall–Kier alpha value is -0.530. The maximum atomic E-state index is 12.7.